The highest BCUT2D eigenvalue weighted by Crippen LogP contribution is 2.16. The van der Waals surface area contributed by atoms with Crippen LogP contribution in [0.25, 0.3) is 0 Å². The van der Waals surface area contributed by atoms with Gasteiger partial charge in [-0.2, -0.15) is 5.10 Å². The molecule has 0 spiro atoms. The molecule has 2 heterocycles. The van der Waals surface area contributed by atoms with E-state index in [-0.39, 0.29) is 5.91 Å². The van der Waals surface area contributed by atoms with Crippen molar-refractivity contribution in [2.45, 2.75) is 39.7 Å². The van der Waals surface area contributed by atoms with Crippen molar-refractivity contribution in [3.05, 3.63) is 47.0 Å². The number of hydrogen-bond acceptors (Lipinski definition) is 3. The maximum absolute atomic E-state index is 12.5. The summed E-state index contributed by atoms with van der Waals surface area (Å²) in [4.78, 5) is 16.5. The van der Waals surface area contributed by atoms with Crippen LogP contribution in [-0.4, -0.2) is 20.7 Å². The summed E-state index contributed by atoms with van der Waals surface area (Å²) in [7, 11) is 1.90. The van der Waals surface area contributed by atoms with Crippen LogP contribution in [0.3, 0.4) is 0 Å². The van der Waals surface area contributed by atoms with Crippen LogP contribution < -0.4 is 5.32 Å². The fourth-order valence-corrected chi connectivity index (χ4v) is 2.47. The van der Waals surface area contributed by atoms with E-state index in [1.807, 2.05) is 30.8 Å². The minimum Gasteiger partial charge on any atom is -0.348 e. The van der Waals surface area contributed by atoms with E-state index in [2.05, 4.69) is 22.3 Å². The van der Waals surface area contributed by atoms with E-state index < -0.39 is 0 Å². The smallest absolute Gasteiger partial charge is 0.255 e. The first-order valence-corrected chi connectivity index (χ1v) is 7.39. The first kappa shape index (κ1) is 15.2. The van der Waals surface area contributed by atoms with Crippen LogP contribution in [0.15, 0.2) is 24.5 Å². The summed E-state index contributed by atoms with van der Waals surface area (Å²) in [5, 5.41) is 7.48. The number of amides is 1. The largest absolute Gasteiger partial charge is 0.348 e. The number of nitrogens with zero attached hydrogens (tertiary/aromatic N) is 3. The van der Waals surface area contributed by atoms with E-state index in [0.29, 0.717) is 6.54 Å². The summed E-state index contributed by atoms with van der Waals surface area (Å²) in [5.41, 5.74) is 3.67. The molecule has 5 heteroatoms. The van der Waals surface area contributed by atoms with Crippen LogP contribution in [0.4, 0.5) is 0 Å². The third-order valence-electron chi connectivity index (χ3n) is 3.49. The SMILES string of the molecule is CCCc1nn(C)c(CC)c1C(=O)NCc1ccncc1. The van der Waals surface area contributed by atoms with Gasteiger partial charge in [-0.3, -0.25) is 14.5 Å². The van der Waals surface area contributed by atoms with Gasteiger partial charge < -0.3 is 5.32 Å². The van der Waals surface area contributed by atoms with Crippen LogP contribution in [0.2, 0.25) is 0 Å². The highest BCUT2D eigenvalue weighted by Gasteiger charge is 2.20. The number of hydrogen-bond donors (Lipinski definition) is 1. The molecule has 2 rings (SSSR count). The summed E-state index contributed by atoms with van der Waals surface area (Å²) in [6, 6.07) is 3.80. The summed E-state index contributed by atoms with van der Waals surface area (Å²) >= 11 is 0. The van der Waals surface area contributed by atoms with Crippen molar-refractivity contribution >= 4 is 5.91 Å². The zero-order valence-electron chi connectivity index (χ0n) is 12.9. The maximum Gasteiger partial charge on any atom is 0.255 e. The van der Waals surface area contributed by atoms with E-state index >= 15 is 0 Å². The molecule has 0 fully saturated rings. The van der Waals surface area contributed by atoms with Gasteiger partial charge >= 0.3 is 0 Å². The summed E-state index contributed by atoms with van der Waals surface area (Å²) in [5.74, 6) is -0.0415. The normalized spacial score (nSPS) is 10.6. The molecular formula is C16H22N4O. The molecule has 0 bridgehead atoms. The highest BCUT2D eigenvalue weighted by atomic mass is 16.1. The molecule has 5 nitrogen and oxygen atoms in total. The second-order valence-electron chi connectivity index (χ2n) is 5.03. The Morgan fingerprint density at radius 1 is 1.29 bits per heavy atom. The van der Waals surface area contributed by atoms with Gasteiger partial charge in [0.15, 0.2) is 0 Å². The van der Waals surface area contributed by atoms with Gasteiger partial charge in [-0.05, 0) is 30.5 Å². The summed E-state index contributed by atoms with van der Waals surface area (Å²) < 4.78 is 1.83. The second kappa shape index (κ2) is 7.02. The Hall–Kier alpha value is -2.17. The molecule has 21 heavy (non-hydrogen) atoms. The van der Waals surface area contributed by atoms with E-state index in [0.717, 1.165) is 41.8 Å². The predicted octanol–water partition coefficient (Wildman–Crippen LogP) is 2.26. The van der Waals surface area contributed by atoms with Crippen molar-refractivity contribution in [1.29, 1.82) is 0 Å². The number of rotatable bonds is 6. The van der Waals surface area contributed by atoms with Gasteiger partial charge in [-0.25, -0.2) is 0 Å². The quantitative estimate of drug-likeness (QED) is 0.886. The first-order chi connectivity index (χ1) is 10.2. The molecule has 0 aliphatic rings. The lowest BCUT2D eigenvalue weighted by atomic mass is 10.1. The van der Waals surface area contributed by atoms with E-state index in [4.69, 9.17) is 0 Å². The third kappa shape index (κ3) is 3.48. The summed E-state index contributed by atoms with van der Waals surface area (Å²) in [6.45, 7) is 4.65. The lowest BCUT2D eigenvalue weighted by Crippen LogP contribution is -2.24. The van der Waals surface area contributed by atoms with E-state index in [1.165, 1.54) is 0 Å². The second-order valence-corrected chi connectivity index (χ2v) is 5.03. The minimum absolute atomic E-state index is 0.0415. The minimum atomic E-state index is -0.0415. The molecule has 0 saturated heterocycles. The van der Waals surface area contributed by atoms with Gasteiger partial charge in [0.05, 0.1) is 17.0 Å². The average Bonchev–Trinajstić information content (AvgIpc) is 2.82. The monoisotopic (exact) mass is 286 g/mol. The van der Waals surface area contributed by atoms with Crippen molar-refractivity contribution in [3.8, 4) is 0 Å². The molecule has 0 atom stereocenters. The number of nitrogens with one attached hydrogen (secondary N) is 1. The average molecular weight is 286 g/mol. The topological polar surface area (TPSA) is 59.8 Å². The van der Waals surface area contributed by atoms with Crippen molar-refractivity contribution < 1.29 is 4.79 Å². The van der Waals surface area contributed by atoms with Crippen LogP contribution in [0, 0.1) is 0 Å². The Morgan fingerprint density at radius 3 is 2.62 bits per heavy atom. The lowest BCUT2D eigenvalue weighted by molar-refractivity contribution is 0.0949. The summed E-state index contributed by atoms with van der Waals surface area (Å²) in [6.07, 6.45) is 6.05. The Morgan fingerprint density at radius 2 is 2.00 bits per heavy atom. The van der Waals surface area contributed by atoms with Crippen molar-refractivity contribution in [3.63, 3.8) is 0 Å². The van der Waals surface area contributed by atoms with Crippen molar-refractivity contribution in [1.82, 2.24) is 20.1 Å². The third-order valence-corrected chi connectivity index (χ3v) is 3.49. The fraction of sp³-hybridized carbons (Fsp3) is 0.438. The van der Waals surface area contributed by atoms with E-state index in [1.54, 1.807) is 12.4 Å². The maximum atomic E-state index is 12.5. The first-order valence-electron chi connectivity index (χ1n) is 7.39. The Labute approximate surface area is 125 Å². The van der Waals surface area contributed by atoms with Crippen LogP contribution in [0.1, 0.15) is 47.6 Å². The number of aryl methyl sites for hydroxylation is 2. The molecule has 0 saturated carbocycles. The van der Waals surface area contributed by atoms with Gasteiger partial charge in [0.25, 0.3) is 5.91 Å². The number of carbonyl (C=O) groups excluding carboxylic acids is 1. The van der Waals surface area contributed by atoms with Crippen LogP contribution >= 0.6 is 0 Å². The number of carbonyl (C=O) groups is 1. The van der Waals surface area contributed by atoms with Crippen LogP contribution in [0.5, 0.6) is 0 Å². The number of aromatic nitrogens is 3. The predicted molar refractivity (Wildman–Crippen MR) is 82.0 cm³/mol. The zero-order chi connectivity index (χ0) is 15.2. The highest BCUT2D eigenvalue weighted by molar-refractivity contribution is 5.96. The molecular weight excluding hydrogens is 264 g/mol. The molecule has 1 N–H and O–H groups in total. The standard InChI is InChI=1S/C16H22N4O/c1-4-6-13-15(14(5-2)20(3)19-13)16(21)18-11-12-7-9-17-10-8-12/h7-10H,4-6,11H2,1-3H3,(H,18,21). The van der Waals surface area contributed by atoms with Crippen molar-refractivity contribution in [2.24, 2.45) is 7.05 Å². The molecule has 0 radical (unpaired) electrons. The molecule has 0 aliphatic heterocycles. The van der Waals surface area contributed by atoms with Gasteiger partial charge in [0.2, 0.25) is 0 Å². The molecule has 112 valence electrons. The van der Waals surface area contributed by atoms with Crippen molar-refractivity contribution in [2.75, 3.05) is 0 Å². The fourth-order valence-electron chi connectivity index (χ4n) is 2.47. The van der Waals surface area contributed by atoms with Gasteiger partial charge in [0.1, 0.15) is 0 Å². The lowest BCUT2D eigenvalue weighted by Gasteiger charge is -2.07. The van der Waals surface area contributed by atoms with Gasteiger partial charge in [-0.15, -0.1) is 0 Å². The molecule has 2 aromatic heterocycles. The van der Waals surface area contributed by atoms with E-state index in [9.17, 15) is 4.79 Å². The number of pyridine rings is 1. The molecule has 0 unspecified atom stereocenters. The molecule has 2 aromatic rings. The Bertz CT molecular complexity index is 604. The zero-order valence-corrected chi connectivity index (χ0v) is 12.9. The Balaban J connectivity index is 2.17. The van der Waals surface area contributed by atoms with Gasteiger partial charge in [-0.1, -0.05) is 20.3 Å². The van der Waals surface area contributed by atoms with Crippen LogP contribution in [-0.2, 0) is 26.4 Å². The molecule has 0 aromatic carbocycles. The van der Waals surface area contributed by atoms with Gasteiger partial charge in [0, 0.05) is 26.0 Å². The molecule has 0 aliphatic carbocycles. The Kier molecular flexibility index (Phi) is 5.09. The molecule has 1 amide bonds.